The number of aromatic nitrogens is 1. The first-order valence-electron chi connectivity index (χ1n) is 8.24. The zero-order valence-corrected chi connectivity index (χ0v) is 15.0. The average Bonchev–Trinajstić information content (AvgIpc) is 3.05. The molecular formula is C19H21ClN2S. The summed E-state index contributed by atoms with van der Waals surface area (Å²) in [7, 11) is 2.21. The van der Waals surface area contributed by atoms with Crippen LogP contribution < -0.4 is 0 Å². The Hall–Kier alpha value is -1.29. The molecule has 2 nitrogen and oxygen atoms in total. The van der Waals surface area contributed by atoms with Crippen molar-refractivity contribution in [3.8, 4) is 0 Å². The Balaban J connectivity index is 1.61. The highest BCUT2D eigenvalue weighted by Crippen LogP contribution is 2.38. The van der Waals surface area contributed by atoms with Gasteiger partial charge in [-0.15, -0.1) is 11.3 Å². The van der Waals surface area contributed by atoms with Crippen molar-refractivity contribution in [3.05, 3.63) is 57.6 Å². The minimum absolute atomic E-state index is 0.905. The van der Waals surface area contributed by atoms with E-state index in [1.807, 2.05) is 0 Å². The molecule has 1 aromatic carbocycles. The van der Waals surface area contributed by atoms with E-state index in [-0.39, 0.29) is 0 Å². The molecule has 4 rings (SSSR count). The number of nitrogens with zero attached hydrogens (tertiary/aromatic N) is 2. The van der Waals surface area contributed by atoms with E-state index in [9.17, 15) is 0 Å². The van der Waals surface area contributed by atoms with Gasteiger partial charge in [0.05, 0.1) is 14.6 Å². The van der Waals surface area contributed by atoms with E-state index >= 15 is 0 Å². The Kier molecular flexibility index (Phi) is 4.18. The molecule has 0 aliphatic carbocycles. The smallest absolute Gasteiger partial charge is 0.0956 e. The van der Waals surface area contributed by atoms with Gasteiger partial charge < -0.3 is 9.47 Å². The molecule has 0 radical (unpaired) electrons. The lowest BCUT2D eigenvalue weighted by Crippen LogP contribution is -2.27. The van der Waals surface area contributed by atoms with Gasteiger partial charge in [-0.3, -0.25) is 0 Å². The third kappa shape index (κ3) is 2.93. The van der Waals surface area contributed by atoms with Gasteiger partial charge in [0.15, 0.2) is 0 Å². The summed E-state index contributed by atoms with van der Waals surface area (Å²) in [5.74, 6) is 0. The first-order chi connectivity index (χ1) is 11.2. The fourth-order valence-electron chi connectivity index (χ4n) is 3.64. The van der Waals surface area contributed by atoms with Gasteiger partial charge in [-0.2, -0.15) is 0 Å². The summed E-state index contributed by atoms with van der Waals surface area (Å²) < 4.78 is 4.84. The van der Waals surface area contributed by atoms with Gasteiger partial charge in [0.1, 0.15) is 0 Å². The van der Waals surface area contributed by atoms with Gasteiger partial charge >= 0.3 is 0 Å². The Morgan fingerprint density at radius 3 is 2.87 bits per heavy atom. The lowest BCUT2D eigenvalue weighted by molar-refractivity contribution is 0.309. The summed E-state index contributed by atoms with van der Waals surface area (Å²) in [6.45, 7) is 3.28. The molecule has 0 fully saturated rings. The van der Waals surface area contributed by atoms with E-state index in [1.54, 1.807) is 11.3 Å². The van der Waals surface area contributed by atoms with Gasteiger partial charge in [0, 0.05) is 37.3 Å². The standard InChI is InChI=1S/C19H21ClN2S/c1-21-11-9-16-15(13-21)19-17(12-18(20)23-19)22(16)10-5-8-14-6-3-2-4-7-14/h2-4,6-7,12H,5,8-11,13H2,1H3. The first-order valence-corrected chi connectivity index (χ1v) is 9.43. The molecule has 0 saturated carbocycles. The van der Waals surface area contributed by atoms with Crippen molar-refractivity contribution in [2.75, 3.05) is 13.6 Å². The monoisotopic (exact) mass is 344 g/mol. The van der Waals surface area contributed by atoms with Crippen LogP contribution in [-0.4, -0.2) is 23.1 Å². The Bertz CT molecular complexity index is 819. The van der Waals surface area contributed by atoms with Crippen LogP contribution in [0.3, 0.4) is 0 Å². The zero-order valence-electron chi connectivity index (χ0n) is 13.4. The number of fused-ring (bicyclic) bond motifs is 3. The van der Waals surface area contributed by atoms with Crippen LogP contribution >= 0.6 is 22.9 Å². The number of benzene rings is 1. The molecule has 3 heterocycles. The van der Waals surface area contributed by atoms with Crippen molar-refractivity contribution in [2.24, 2.45) is 0 Å². The number of likely N-dealkylation sites (N-methyl/N-ethyl adjacent to an activating group) is 1. The fraction of sp³-hybridized carbons (Fsp3) is 0.368. The number of thiophene rings is 1. The number of hydrogen-bond acceptors (Lipinski definition) is 2. The molecule has 120 valence electrons. The van der Waals surface area contributed by atoms with Crippen LogP contribution in [-0.2, 0) is 25.9 Å². The second-order valence-electron chi connectivity index (χ2n) is 6.42. The van der Waals surface area contributed by atoms with Crippen LogP contribution in [0.25, 0.3) is 10.2 Å². The maximum atomic E-state index is 6.30. The fourth-order valence-corrected chi connectivity index (χ4v) is 4.92. The van der Waals surface area contributed by atoms with Gasteiger partial charge in [0.2, 0.25) is 0 Å². The molecule has 0 spiro atoms. The van der Waals surface area contributed by atoms with Gasteiger partial charge in [-0.05, 0) is 31.5 Å². The topological polar surface area (TPSA) is 8.17 Å². The summed E-state index contributed by atoms with van der Waals surface area (Å²) in [4.78, 5) is 2.41. The number of aryl methyl sites for hydroxylation is 2. The molecule has 0 amide bonds. The maximum absolute atomic E-state index is 6.30. The molecule has 0 unspecified atom stereocenters. The molecule has 0 N–H and O–H groups in total. The quantitative estimate of drug-likeness (QED) is 0.648. The maximum Gasteiger partial charge on any atom is 0.0956 e. The minimum atomic E-state index is 0.905. The van der Waals surface area contributed by atoms with Crippen molar-refractivity contribution in [1.82, 2.24) is 9.47 Å². The van der Waals surface area contributed by atoms with Crippen molar-refractivity contribution >= 4 is 33.2 Å². The van der Waals surface area contributed by atoms with Crippen molar-refractivity contribution in [2.45, 2.75) is 32.4 Å². The SMILES string of the molecule is CN1CCc2c(c3sc(Cl)cc3n2CCCc2ccccc2)C1. The molecule has 0 bridgehead atoms. The van der Waals surface area contributed by atoms with E-state index < -0.39 is 0 Å². The second-order valence-corrected chi connectivity index (χ2v) is 8.10. The zero-order chi connectivity index (χ0) is 15.8. The van der Waals surface area contributed by atoms with Crippen LogP contribution in [0.4, 0.5) is 0 Å². The third-order valence-electron chi connectivity index (χ3n) is 4.77. The lowest BCUT2D eigenvalue weighted by atomic mass is 10.1. The highest BCUT2D eigenvalue weighted by atomic mass is 35.5. The third-order valence-corrected chi connectivity index (χ3v) is 6.08. The number of hydrogen-bond donors (Lipinski definition) is 0. The first kappa shape index (κ1) is 15.3. The van der Waals surface area contributed by atoms with Crippen molar-refractivity contribution in [1.29, 1.82) is 0 Å². The molecule has 23 heavy (non-hydrogen) atoms. The van der Waals surface area contributed by atoms with Gasteiger partial charge in [-0.25, -0.2) is 0 Å². The highest BCUT2D eigenvalue weighted by molar-refractivity contribution is 7.22. The van der Waals surface area contributed by atoms with Crippen molar-refractivity contribution in [3.63, 3.8) is 0 Å². The molecule has 3 aromatic rings. The van der Waals surface area contributed by atoms with Crippen LogP contribution in [0.5, 0.6) is 0 Å². The predicted octanol–water partition coefficient (Wildman–Crippen LogP) is 4.98. The average molecular weight is 345 g/mol. The molecule has 1 aliphatic heterocycles. The van der Waals surface area contributed by atoms with E-state index in [1.165, 1.54) is 33.5 Å². The molecule has 0 atom stereocenters. The Morgan fingerprint density at radius 1 is 1.22 bits per heavy atom. The minimum Gasteiger partial charge on any atom is -0.343 e. The van der Waals surface area contributed by atoms with Gasteiger partial charge in [0.25, 0.3) is 0 Å². The summed E-state index contributed by atoms with van der Waals surface area (Å²) in [6, 6.07) is 12.9. The van der Waals surface area contributed by atoms with E-state index in [4.69, 9.17) is 11.6 Å². The summed E-state index contributed by atoms with van der Waals surface area (Å²) in [5, 5.41) is 0. The molecule has 1 aliphatic rings. The van der Waals surface area contributed by atoms with Crippen LogP contribution in [0, 0.1) is 0 Å². The van der Waals surface area contributed by atoms with E-state index in [0.29, 0.717) is 0 Å². The van der Waals surface area contributed by atoms with Crippen LogP contribution in [0.15, 0.2) is 36.4 Å². The largest absolute Gasteiger partial charge is 0.343 e. The predicted molar refractivity (Wildman–Crippen MR) is 99.6 cm³/mol. The summed E-state index contributed by atoms with van der Waals surface area (Å²) in [5.41, 5.74) is 5.81. The van der Waals surface area contributed by atoms with E-state index in [2.05, 4.69) is 52.9 Å². The van der Waals surface area contributed by atoms with Crippen LogP contribution in [0.1, 0.15) is 23.2 Å². The Morgan fingerprint density at radius 2 is 2.04 bits per heavy atom. The molecule has 0 saturated heterocycles. The number of rotatable bonds is 4. The normalized spacial score (nSPS) is 15.2. The van der Waals surface area contributed by atoms with Crippen molar-refractivity contribution < 1.29 is 0 Å². The van der Waals surface area contributed by atoms with E-state index in [0.717, 1.165) is 36.8 Å². The lowest BCUT2D eigenvalue weighted by Gasteiger charge is -2.24. The van der Waals surface area contributed by atoms with Gasteiger partial charge in [-0.1, -0.05) is 41.9 Å². The summed E-state index contributed by atoms with van der Waals surface area (Å²) in [6.07, 6.45) is 3.45. The molecular weight excluding hydrogens is 324 g/mol. The molecule has 4 heteroatoms. The Labute approximate surface area is 146 Å². The number of halogens is 1. The van der Waals surface area contributed by atoms with Crippen LogP contribution in [0.2, 0.25) is 4.34 Å². The summed E-state index contributed by atoms with van der Waals surface area (Å²) >= 11 is 8.03. The second kappa shape index (κ2) is 6.31. The highest BCUT2D eigenvalue weighted by Gasteiger charge is 2.23. The molecule has 2 aromatic heterocycles.